The van der Waals surface area contributed by atoms with Gasteiger partial charge >= 0.3 is 0 Å². The third-order valence-corrected chi connectivity index (χ3v) is 2.45. The molecule has 2 atom stereocenters. The van der Waals surface area contributed by atoms with Gasteiger partial charge in [-0.2, -0.15) is 0 Å². The fourth-order valence-corrected chi connectivity index (χ4v) is 1.45. The first-order chi connectivity index (χ1) is 8.17. The molecule has 4 heteroatoms. The van der Waals surface area contributed by atoms with E-state index >= 15 is 0 Å². The van der Waals surface area contributed by atoms with Crippen LogP contribution in [0.3, 0.4) is 0 Å². The third kappa shape index (κ3) is 4.73. The van der Waals surface area contributed by atoms with E-state index in [1.807, 2.05) is 19.1 Å². The van der Waals surface area contributed by atoms with Crippen LogP contribution in [0.25, 0.3) is 0 Å². The smallest absolute Gasteiger partial charge is 0.119 e. The molecule has 0 saturated heterocycles. The van der Waals surface area contributed by atoms with Crippen molar-refractivity contribution >= 4 is 0 Å². The molecule has 0 amide bonds. The van der Waals surface area contributed by atoms with Crippen molar-refractivity contribution in [1.82, 2.24) is 0 Å². The number of aliphatic hydroxyl groups excluding tert-OH is 2. The van der Waals surface area contributed by atoms with E-state index in [1.165, 1.54) is 7.11 Å². The molecule has 0 spiro atoms. The van der Waals surface area contributed by atoms with Gasteiger partial charge in [0.15, 0.2) is 0 Å². The number of hydrogen-bond donors (Lipinski definition) is 2. The Bertz CT molecular complexity index is 310. The van der Waals surface area contributed by atoms with E-state index in [-0.39, 0.29) is 13.2 Å². The predicted molar refractivity (Wildman–Crippen MR) is 65.1 cm³/mol. The van der Waals surface area contributed by atoms with Crippen LogP contribution in [0.2, 0.25) is 0 Å². The summed E-state index contributed by atoms with van der Waals surface area (Å²) in [5.74, 6) is 0.673. The molecule has 0 bridgehead atoms. The molecule has 1 aromatic rings. The quantitative estimate of drug-likeness (QED) is 0.758. The first-order valence-corrected chi connectivity index (χ1v) is 5.75. The number of rotatable bonds is 7. The highest BCUT2D eigenvalue weighted by molar-refractivity contribution is 5.28. The average Bonchev–Trinajstić information content (AvgIpc) is 2.36. The van der Waals surface area contributed by atoms with Gasteiger partial charge in [0.2, 0.25) is 0 Å². The first kappa shape index (κ1) is 14.0. The van der Waals surface area contributed by atoms with Crippen molar-refractivity contribution in [2.45, 2.75) is 25.6 Å². The summed E-state index contributed by atoms with van der Waals surface area (Å²) in [7, 11) is 1.53. The summed E-state index contributed by atoms with van der Waals surface area (Å²) in [5, 5.41) is 19.0. The van der Waals surface area contributed by atoms with Gasteiger partial charge in [-0.15, -0.1) is 0 Å². The topological polar surface area (TPSA) is 58.9 Å². The maximum Gasteiger partial charge on any atom is 0.119 e. The fraction of sp³-hybridized carbons (Fsp3) is 0.538. The SMILES string of the molecule is CC[C@H](O)c1ccc(OCC(O)COC)cc1. The number of hydrogen-bond acceptors (Lipinski definition) is 4. The van der Waals surface area contributed by atoms with Gasteiger partial charge in [0.25, 0.3) is 0 Å². The molecule has 96 valence electrons. The highest BCUT2D eigenvalue weighted by atomic mass is 16.5. The van der Waals surface area contributed by atoms with Crippen molar-refractivity contribution in [3.63, 3.8) is 0 Å². The molecule has 0 fully saturated rings. The van der Waals surface area contributed by atoms with Gasteiger partial charge < -0.3 is 19.7 Å². The molecule has 0 saturated carbocycles. The molecule has 2 N–H and O–H groups in total. The molecule has 0 aliphatic carbocycles. The Morgan fingerprint density at radius 1 is 1.12 bits per heavy atom. The number of ether oxygens (including phenoxy) is 2. The van der Waals surface area contributed by atoms with Crippen LogP contribution < -0.4 is 4.74 Å². The van der Waals surface area contributed by atoms with Crippen LogP contribution >= 0.6 is 0 Å². The molecule has 4 nitrogen and oxygen atoms in total. The van der Waals surface area contributed by atoms with Gasteiger partial charge in [0.1, 0.15) is 18.5 Å². The Hall–Kier alpha value is -1.10. The van der Waals surface area contributed by atoms with Crippen molar-refractivity contribution in [3.8, 4) is 5.75 Å². The summed E-state index contributed by atoms with van der Waals surface area (Å²) >= 11 is 0. The van der Waals surface area contributed by atoms with E-state index in [4.69, 9.17) is 9.47 Å². The molecule has 0 aromatic heterocycles. The van der Waals surface area contributed by atoms with Crippen molar-refractivity contribution in [2.24, 2.45) is 0 Å². The van der Waals surface area contributed by atoms with Gasteiger partial charge in [-0.1, -0.05) is 19.1 Å². The summed E-state index contributed by atoms with van der Waals surface area (Å²) in [5.41, 5.74) is 0.872. The van der Waals surface area contributed by atoms with Crippen molar-refractivity contribution in [1.29, 1.82) is 0 Å². The van der Waals surface area contributed by atoms with Crippen LogP contribution in [0, 0.1) is 0 Å². The lowest BCUT2D eigenvalue weighted by Crippen LogP contribution is -2.22. The van der Waals surface area contributed by atoms with Gasteiger partial charge in [-0.25, -0.2) is 0 Å². The van der Waals surface area contributed by atoms with Gasteiger partial charge in [-0.05, 0) is 24.1 Å². The summed E-state index contributed by atoms with van der Waals surface area (Å²) in [6.45, 7) is 2.38. The Balaban J connectivity index is 2.45. The van der Waals surface area contributed by atoms with Gasteiger partial charge in [0.05, 0.1) is 12.7 Å². The second kappa shape index (κ2) is 7.27. The molecule has 1 unspecified atom stereocenters. The van der Waals surface area contributed by atoms with Crippen LogP contribution in [0.1, 0.15) is 25.0 Å². The molecule has 1 rings (SSSR count). The zero-order valence-electron chi connectivity index (χ0n) is 10.3. The fourth-order valence-electron chi connectivity index (χ4n) is 1.45. The van der Waals surface area contributed by atoms with Crippen molar-refractivity contribution < 1.29 is 19.7 Å². The maximum atomic E-state index is 9.61. The summed E-state index contributed by atoms with van der Waals surface area (Å²) < 4.78 is 10.2. The lowest BCUT2D eigenvalue weighted by atomic mass is 10.1. The van der Waals surface area contributed by atoms with E-state index in [9.17, 15) is 10.2 Å². The van der Waals surface area contributed by atoms with Gasteiger partial charge in [-0.3, -0.25) is 0 Å². The first-order valence-electron chi connectivity index (χ1n) is 5.75. The largest absolute Gasteiger partial charge is 0.491 e. The van der Waals surface area contributed by atoms with Crippen LogP contribution in [-0.2, 0) is 4.74 Å². The van der Waals surface area contributed by atoms with Crippen LogP contribution in [-0.4, -0.2) is 36.6 Å². The number of aliphatic hydroxyl groups is 2. The minimum absolute atomic E-state index is 0.198. The Labute approximate surface area is 102 Å². The maximum absolute atomic E-state index is 9.61. The van der Waals surface area contributed by atoms with Gasteiger partial charge in [0, 0.05) is 7.11 Å². The van der Waals surface area contributed by atoms with Crippen molar-refractivity contribution in [3.05, 3.63) is 29.8 Å². The highest BCUT2D eigenvalue weighted by Crippen LogP contribution is 2.19. The molecule has 1 aromatic carbocycles. The second-order valence-electron chi connectivity index (χ2n) is 3.91. The van der Waals surface area contributed by atoms with E-state index < -0.39 is 12.2 Å². The lowest BCUT2D eigenvalue weighted by Gasteiger charge is -2.12. The average molecular weight is 240 g/mol. The molecule has 17 heavy (non-hydrogen) atoms. The minimum atomic E-state index is -0.624. The number of benzene rings is 1. The Morgan fingerprint density at radius 3 is 2.29 bits per heavy atom. The van der Waals surface area contributed by atoms with E-state index in [0.717, 1.165) is 5.56 Å². The van der Waals surface area contributed by atoms with Crippen molar-refractivity contribution in [2.75, 3.05) is 20.3 Å². The summed E-state index contributed by atoms with van der Waals surface area (Å²) in [4.78, 5) is 0. The van der Waals surface area contributed by atoms with E-state index in [1.54, 1.807) is 12.1 Å². The Morgan fingerprint density at radius 2 is 1.76 bits per heavy atom. The highest BCUT2D eigenvalue weighted by Gasteiger charge is 2.06. The van der Waals surface area contributed by atoms with Crippen LogP contribution in [0.15, 0.2) is 24.3 Å². The third-order valence-electron chi connectivity index (χ3n) is 2.45. The predicted octanol–water partition coefficient (Wildman–Crippen LogP) is 1.52. The zero-order chi connectivity index (χ0) is 12.7. The lowest BCUT2D eigenvalue weighted by molar-refractivity contribution is 0.0325. The van der Waals surface area contributed by atoms with E-state index in [2.05, 4.69) is 0 Å². The Kier molecular flexibility index (Phi) is 5.97. The minimum Gasteiger partial charge on any atom is -0.491 e. The monoisotopic (exact) mass is 240 g/mol. The molecular weight excluding hydrogens is 220 g/mol. The normalized spacial score (nSPS) is 14.4. The van der Waals surface area contributed by atoms with Crippen LogP contribution in [0.4, 0.5) is 0 Å². The standard InChI is InChI=1S/C13H20O4/c1-3-13(15)10-4-6-12(7-5-10)17-9-11(14)8-16-2/h4-7,11,13-15H,3,8-9H2,1-2H3/t11?,13-/m0/s1. The molecule has 0 aliphatic heterocycles. The molecule has 0 radical (unpaired) electrons. The second-order valence-corrected chi connectivity index (χ2v) is 3.91. The number of methoxy groups -OCH3 is 1. The van der Waals surface area contributed by atoms with E-state index in [0.29, 0.717) is 12.2 Å². The molecule has 0 aliphatic rings. The summed E-state index contributed by atoms with van der Waals surface area (Å²) in [6, 6.07) is 7.22. The zero-order valence-corrected chi connectivity index (χ0v) is 10.3. The van der Waals surface area contributed by atoms with Crippen LogP contribution in [0.5, 0.6) is 5.75 Å². The molecule has 0 heterocycles. The summed E-state index contributed by atoms with van der Waals surface area (Å²) in [6.07, 6.45) is -0.365. The molecular formula is C13H20O4.